The highest BCUT2D eigenvalue weighted by molar-refractivity contribution is 5.96. The van der Waals surface area contributed by atoms with Crippen LogP contribution in [0.3, 0.4) is 0 Å². The van der Waals surface area contributed by atoms with Crippen LogP contribution in [0.25, 0.3) is 0 Å². The number of ether oxygens (including phenoxy) is 1. The molecule has 0 bridgehead atoms. The molecule has 0 radical (unpaired) electrons. The normalized spacial score (nSPS) is 10.4. The number of carbonyl (C=O) groups is 2. The molecule has 1 rings (SSSR count). The Bertz CT molecular complexity index is 498. The number of hydrogen-bond acceptors (Lipinski definition) is 4. The lowest BCUT2D eigenvalue weighted by Gasteiger charge is -2.23. The minimum Gasteiger partial charge on any atom is -0.504 e. The molecule has 0 aliphatic heterocycles. The second-order valence-corrected chi connectivity index (χ2v) is 4.86. The van der Waals surface area contributed by atoms with Crippen molar-refractivity contribution in [2.24, 2.45) is 5.92 Å². The van der Waals surface area contributed by atoms with Gasteiger partial charge in [-0.05, 0) is 24.1 Å². The molecule has 0 aliphatic rings. The number of nitrogens with zero attached hydrogens (tertiary/aromatic N) is 1. The lowest BCUT2D eigenvalue weighted by molar-refractivity contribution is -0.137. The highest BCUT2D eigenvalue weighted by Crippen LogP contribution is 2.26. The van der Waals surface area contributed by atoms with Crippen molar-refractivity contribution < 1.29 is 24.5 Å². The van der Waals surface area contributed by atoms with E-state index in [1.165, 1.54) is 30.2 Å². The van der Waals surface area contributed by atoms with Gasteiger partial charge >= 0.3 is 5.97 Å². The zero-order valence-electron chi connectivity index (χ0n) is 11.8. The average molecular weight is 281 g/mol. The first-order valence-corrected chi connectivity index (χ1v) is 6.23. The first-order valence-electron chi connectivity index (χ1n) is 6.23. The molecule has 1 amide bonds. The molecule has 2 N–H and O–H groups in total. The molecular formula is C14H19NO5. The number of aliphatic carboxylic acids is 1. The van der Waals surface area contributed by atoms with Crippen molar-refractivity contribution in [1.29, 1.82) is 0 Å². The van der Waals surface area contributed by atoms with E-state index >= 15 is 0 Å². The van der Waals surface area contributed by atoms with E-state index in [1.54, 1.807) is 0 Å². The van der Waals surface area contributed by atoms with Crippen LogP contribution in [0, 0.1) is 5.92 Å². The smallest absolute Gasteiger partial charge is 0.323 e. The maximum atomic E-state index is 12.3. The topological polar surface area (TPSA) is 87.1 Å². The summed E-state index contributed by atoms with van der Waals surface area (Å²) < 4.78 is 4.90. The number of rotatable bonds is 6. The third kappa shape index (κ3) is 4.15. The molecule has 1 aromatic carbocycles. The summed E-state index contributed by atoms with van der Waals surface area (Å²) in [5.41, 5.74) is 0.227. The van der Waals surface area contributed by atoms with Crippen molar-refractivity contribution >= 4 is 11.9 Å². The van der Waals surface area contributed by atoms with E-state index in [9.17, 15) is 14.7 Å². The minimum absolute atomic E-state index is 0.144. The Balaban J connectivity index is 2.98. The fourth-order valence-corrected chi connectivity index (χ4v) is 1.83. The number of amides is 1. The third-order valence-electron chi connectivity index (χ3n) is 2.62. The second-order valence-electron chi connectivity index (χ2n) is 4.86. The van der Waals surface area contributed by atoms with E-state index in [1.807, 2.05) is 13.8 Å². The largest absolute Gasteiger partial charge is 0.504 e. The molecule has 0 aromatic heterocycles. The molecule has 20 heavy (non-hydrogen) atoms. The van der Waals surface area contributed by atoms with Gasteiger partial charge in [-0.2, -0.15) is 0 Å². The number of hydrogen-bond donors (Lipinski definition) is 2. The Labute approximate surface area is 117 Å². The summed E-state index contributed by atoms with van der Waals surface area (Å²) >= 11 is 0. The number of methoxy groups -OCH3 is 1. The molecular weight excluding hydrogens is 262 g/mol. The number of phenols is 1. The summed E-state index contributed by atoms with van der Waals surface area (Å²) in [5.74, 6) is -1.26. The van der Waals surface area contributed by atoms with Gasteiger partial charge in [0.2, 0.25) is 0 Å². The van der Waals surface area contributed by atoms with Crippen molar-refractivity contribution in [3.05, 3.63) is 23.8 Å². The van der Waals surface area contributed by atoms with Crippen molar-refractivity contribution in [3.8, 4) is 11.5 Å². The van der Waals surface area contributed by atoms with Gasteiger partial charge in [-0.1, -0.05) is 13.8 Å². The van der Waals surface area contributed by atoms with E-state index in [4.69, 9.17) is 9.84 Å². The second kappa shape index (κ2) is 6.79. The highest BCUT2D eigenvalue weighted by Gasteiger charge is 2.20. The van der Waals surface area contributed by atoms with Crippen LogP contribution in [0.2, 0.25) is 0 Å². The van der Waals surface area contributed by atoms with Gasteiger partial charge in [0.15, 0.2) is 11.5 Å². The van der Waals surface area contributed by atoms with Crippen molar-refractivity contribution in [2.75, 3.05) is 20.2 Å². The van der Waals surface area contributed by atoms with Crippen LogP contribution in [0.1, 0.15) is 24.2 Å². The standard InChI is InChI=1S/C14H19NO5/c1-9(2)7-15(8-13(17)18)14(19)10-4-5-12(20-3)11(16)6-10/h4-6,9,16H,7-8H2,1-3H3,(H,17,18). The number of carboxylic acids is 1. The van der Waals surface area contributed by atoms with E-state index in [0.29, 0.717) is 6.54 Å². The van der Waals surface area contributed by atoms with Crippen LogP contribution >= 0.6 is 0 Å². The van der Waals surface area contributed by atoms with Crippen molar-refractivity contribution in [2.45, 2.75) is 13.8 Å². The minimum atomic E-state index is -1.07. The molecule has 0 saturated carbocycles. The zero-order chi connectivity index (χ0) is 15.3. The Morgan fingerprint density at radius 3 is 2.45 bits per heavy atom. The molecule has 0 heterocycles. The Hall–Kier alpha value is -2.24. The first kappa shape index (κ1) is 15.8. The van der Waals surface area contributed by atoms with Crippen LogP contribution in [0.15, 0.2) is 18.2 Å². The predicted octanol–water partition coefficient (Wildman–Crippen LogP) is 1.58. The molecule has 0 unspecified atom stereocenters. The Morgan fingerprint density at radius 1 is 1.35 bits per heavy atom. The molecule has 110 valence electrons. The van der Waals surface area contributed by atoms with Crippen molar-refractivity contribution in [3.63, 3.8) is 0 Å². The molecule has 0 fully saturated rings. The Kier molecular flexibility index (Phi) is 5.37. The fraction of sp³-hybridized carbons (Fsp3) is 0.429. The summed E-state index contributed by atoms with van der Waals surface area (Å²) in [6, 6.07) is 4.24. The molecule has 0 saturated heterocycles. The molecule has 0 aliphatic carbocycles. The number of benzene rings is 1. The molecule has 0 atom stereocenters. The van der Waals surface area contributed by atoms with Crippen LogP contribution in [0.4, 0.5) is 0 Å². The summed E-state index contributed by atoms with van der Waals surface area (Å²) in [6.45, 7) is 3.75. The van der Waals surface area contributed by atoms with E-state index < -0.39 is 11.9 Å². The van der Waals surface area contributed by atoms with Crippen LogP contribution < -0.4 is 4.74 Å². The van der Waals surface area contributed by atoms with Gasteiger partial charge in [0.25, 0.3) is 5.91 Å². The van der Waals surface area contributed by atoms with Gasteiger partial charge in [0, 0.05) is 12.1 Å². The third-order valence-corrected chi connectivity index (χ3v) is 2.62. The van der Waals surface area contributed by atoms with Crippen molar-refractivity contribution in [1.82, 2.24) is 4.90 Å². The number of carbonyl (C=O) groups excluding carboxylic acids is 1. The molecule has 1 aromatic rings. The summed E-state index contributed by atoms with van der Waals surface area (Å²) in [7, 11) is 1.41. The van der Waals surface area contributed by atoms with Gasteiger partial charge in [0.1, 0.15) is 6.54 Å². The van der Waals surface area contributed by atoms with Crippen LogP contribution in [-0.4, -0.2) is 47.2 Å². The maximum absolute atomic E-state index is 12.3. The molecule has 0 spiro atoms. The van der Waals surface area contributed by atoms with Gasteiger partial charge in [-0.15, -0.1) is 0 Å². The van der Waals surface area contributed by atoms with Crippen LogP contribution in [-0.2, 0) is 4.79 Å². The van der Waals surface area contributed by atoms with E-state index in [2.05, 4.69) is 0 Å². The summed E-state index contributed by atoms with van der Waals surface area (Å²) in [4.78, 5) is 24.4. The quantitative estimate of drug-likeness (QED) is 0.826. The van der Waals surface area contributed by atoms with Crippen LogP contribution in [0.5, 0.6) is 11.5 Å². The fourth-order valence-electron chi connectivity index (χ4n) is 1.83. The zero-order valence-corrected chi connectivity index (χ0v) is 11.8. The van der Waals surface area contributed by atoms with Gasteiger partial charge < -0.3 is 19.8 Å². The van der Waals surface area contributed by atoms with E-state index in [-0.39, 0.29) is 29.5 Å². The number of carboxylic acid groups (broad SMARTS) is 1. The average Bonchev–Trinajstić information content (AvgIpc) is 2.35. The monoisotopic (exact) mass is 281 g/mol. The summed E-state index contributed by atoms with van der Waals surface area (Å²) in [5, 5.41) is 18.5. The molecule has 6 nitrogen and oxygen atoms in total. The molecule has 6 heteroatoms. The maximum Gasteiger partial charge on any atom is 0.323 e. The lowest BCUT2D eigenvalue weighted by atomic mass is 10.1. The highest BCUT2D eigenvalue weighted by atomic mass is 16.5. The lowest BCUT2D eigenvalue weighted by Crippen LogP contribution is -2.38. The Morgan fingerprint density at radius 2 is 2.00 bits per heavy atom. The van der Waals surface area contributed by atoms with Gasteiger partial charge in [-0.3, -0.25) is 9.59 Å². The number of aromatic hydroxyl groups is 1. The predicted molar refractivity (Wildman–Crippen MR) is 73.0 cm³/mol. The first-order chi connectivity index (χ1) is 9.35. The van der Waals surface area contributed by atoms with E-state index in [0.717, 1.165) is 0 Å². The SMILES string of the molecule is COc1ccc(C(=O)N(CC(=O)O)CC(C)C)cc1O. The van der Waals surface area contributed by atoms with Gasteiger partial charge in [-0.25, -0.2) is 0 Å². The summed E-state index contributed by atoms with van der Waals surface area (Å²) in [6.07, 6.45) is 0. The van der Waals surface area contributed by atoms with Gasteiger partial charge in [0.05, 0.1) is 7.11 Å². The number of phenolic OH excluding ortho intramolecular Hbond substituents is 1.